The molecule has 1 heterocycles. The molecule has 2 aromatic rings. The molecule has 0 saturated heterocycles. The molecule has 0 aliphatic carbocycles. The molecule has 1 aliphatic rings. The lowest BCUT2D eigenvalue weighted by atomic mass is 9.97. The smallest absolute Gasteiger partial charge is 0.409 e. The van der Waals surface area contributed by atoms with Crippen molar-refractivity contribution in [3.8, 4) is 5.75 Å². The Morgan fingerprint density at radius 3 is 2.36 bits per heavy atom. The van der Waals surface area contributed by atoms with E-state index in [9.17, 15) is 30.4 Å². The van der Waals surface area contributed by atoms with Crippen molar-refractivity contribution >= 4 is 37.5 Å². The maximum Gasteiger partial charge on any atom is 0.409 e. The summed E-state index contributed by atoms with van der Waals surface area (Å²) in [4.78, 5) is 10.4. The number of nitrogens with zero attached hydrogens (tertiary/aromatic N) is 1. The molecule has 2 aromatic carbocycles. The van der Waals surface area contributed by atoms with Gasteiger partial charge in [0.2, 0.25) is 10.0 Å². The number of anilines is 2. The molecule has 3 rings (SSSR count). The molecule has 0 bridgehead atoms. The number of hydrogen-bond donors (Lipinski definition) is 3. The Balaban J connectivity index is 2.15. The van der Waals surface area contributed by atoms with Crippen LogP contribution in [0, 0.1) is 11.6 Å². The number of hydrogen-bond acceptors (Lipinski definition) is 6. The highest BCUT2D eigenvalue weighted by atomic mass is 32.2. The van der Waals surface area contributed by atoms with E-state index in [1.165, 1.54) is 32.0 Å². The van der Waals surface area contributed by atoms with Crippen LogP contribution in [-0.2, 0) is 20.0 Å². The minimum atomic E-state index is -4.50. The van der Waals surface area contributed by atoms with E-state index in [-0.39, 0.29) is 17.1 Å². The molecule has 0 spiro atoms. The summed E-state index contributed by atoms with van der Waals surface area (Å²) in [6.07, 6.45) is -1.50. The van der Waals surface area contributed by atoms with Crippen LogP contribution in [0.5, 0.6) is 5.75 Å². The van der Waals surface area contributed by atoms with Crippen LogP contribution in [0.2, 0.25) is 0 Å². The second kappa shape index (κ2) is 8.43. The monoisotopic (exact) mass is 505 g/mol. The lowest BCUT2D eigenvalue weighted by Gasteiger charge is -2.42. The zero-order valence-electron chi connectivity index (χ0n) is 17.7. The van der Waals surface area contributed by atoms with Gasteiger partial charge in [-0.3, -0.25) is 9.62 Å². The van der Waals surface area contributed by atoms with Gasteiger partial charge in [0.25, 0.3) is 10.0 Å². The van der Waals surface area contributed by atoms with Crippen molar-refractivity contribution in [1.82, 2.24) is 4.72 Å². The first-order chi connectivity index (χ1) is 15.1. The van der Waals surface area contributed by atoms with Crippen molar-refractivity contribution in [2.45, 2.75) is 30.4 Å². The van der Waals surface area contributed by atoms with Crippen molar-refractivity contribution in [2.75, 3.05) is 22.4 Å². The van der Waals surface area contributed by atoms with Gasteiger partial charge in [0.1, 0.15) is 11.9 Å². The summed E-state index contributed by atoms with van der Waals surface area (Å²) in [6.45, 7) is 2.57. The van der Waals surface area contributed by atoms with Crippen molar-refractivity contribution in [3.63, 3.8) is 0 Å². The molecule has 0 radical (unpaired) electrons. The first-order valence-corrected chi connectivity index (χ1v) is 12.7. The van der Waals surface area contributed by atoms with E-state index in [0.717, 1.165) is 16.6 Å². The summed E-state index contributed by atoms with van der Waals surface area (Å²) < 4.78 is 86.7. The third kappa shape index (κ3) is 5.34. The molecule has 1 unspecified atom stereocenters. The second-order valence-electron chi connectivity index (χ2n) is 7.93. The Kier molecular flexibility index (Phi) is 6.30. The number of halogens is 2. The van der Waals surface area contributed by atoms with Crippen LogP contribution in [0.25, 0.3) is 0 Å². The van der Waals surface area contributed by atoms with Gasteiger partial charge in [-0.25, -0.2) is 35.1 Å². The molecule has 0 saturated carbocycles. The summed E-state index contributed by atoms with van der Waals surface area (Å²) in [7, 11) is -8.21. The van der Waals surface area contributed by atoms with Crippen molar-refractivity contribution in [3.05, 3.63) is 48.0 Å². The number of rotatable bonds is 6. The third-order valence-electron chi connectivity index (χ3n) is 4.81. The minimum Gasteiger partial charge on any atom is -0.484 e. The van der Waals surface area contributed by atoms with Gasteiger partial charge in [0.15, 0.2) is 11.6 Å². The fourth-order valence-electron chi connectivity index (χ4n) is 3.36. The van der Waals surface area contributed by atoms with Gasteiger partial charge < -0.3 is 9.84 Å². The summed E-state index contributed by atoms with van der Waals surface area (Å²) in [5, 5.41) is 11.1. The molecular formula is C19H21F2N3O7S2. The molecule has 1 amide bonds. The largest absolute Gasteiger partial charge is 0.484 e. The number of amides is 1. The Hall–Kier alpha value is -2.97. The molecule has 0 fully saturated rings. The van der Waals surface area contributed by atoms with Gasteiger partial charge in [-0.15, -0.1) is 0 Å². The van der Waals surface area contributed by atoms with E-state index in [2.05, 4.69) is 10.0 Å². The first-order valence-electron chi connectivity index (χ1n) is 9.37. The number of nitrogens with one attached hydrogen (secondary N) is 2. The van der Waals surface area contributed by atoms with Crippen LogP contribution in [-0.4, -0.2) is 52.5 Å². The van der Waals surface area contributed by atoms with Gasteiger partial charge in [-0.2, -0.15) is 0 Å². The topological polar surface area (TPSA) is 142 Å². The summed E-state index contributed by atoms with van der Waals surface area (Å²) in [6, 6.07) is 5.92. The third-order valence-corrected chi connectivity index (χ3v) is 7.48. The number of carbonyl (C=O) groups is 1. The van der Waals surface area contributed by atoms with Crippen LogP contribution < -0.4 is 19.1 Å². The zero-order chi connectivity index (χ0) is 24.8. The Morgan fingerprint density at radius 2 is 1.79 bits per heavy atom. The highest BCUT2D eigenvalue weighted by molar-refractivity contribution is 7.92. The number of ether oxygens (including phenoxy) is 1. The molecule has 33 heavy (non-hydrogen) atoms. The molecule has 0 aromatic heterocycles. The lowest BCUT2D eigenvalue weighted by molar-refractivity contribution is 0.119. The number of carboxylic acid groups (broad SMARTS) is 1. The van der Waals surface area contributed by atoms with Gasteiger partial charge in [-0.05, 0) is 50.2 Å². The van der Waals surface area contributed by atoms with Crippen molar-refractivity contribution in [2.24, 2.45) is 0 Å². The van der Waals surface area contributed by atoms with E-state index >= 15 is 0 Å². The lowest BCUT2D eigenvalue weighted by Crippen LogP contribution is -2.60. The van der Waals surface area contributed by atoms with Crippen molar-refractivity contribution < 1.29 is 40.3 Å². The highest BCUT2D eigenvalue weighted by Gasteiger charge is 2.43. The highest BCUT2D eigenvalue weighted by Crippen LogP contribution is 2.41. The normalized spacial score (nSPS) is 16.6. The predicted molar refractivity (Wildman–Crippen MR) is 115 cm³/mol. The van der Waals surface area contributed by atoms with Crippen LogP contribution >= 0.6 is 0 Å². The van der Waals surface area contributed by atoms with Crippen LogP contribution in [0.15, 0.2) is 41.3 Å². The van der Waals surface area contributed by atoms with Crippen LogP contribution in [0.1, 0.15) is 13.8 Å². The number of sulfonamides is 2. The quantitative estimate of drug-likeness (QED) is 0.547. The Bertz CT molecular complexity index is 1310. The maximum atomic E-state index is 13.8. The zero-order valence-corrected chi connectivity index (χ0v) is 19.3. The van der Waals surface area contributed by atoms with E-state index in [1.807, 2.05) is 0 Å². The maximum absolute atomic E-state index is 13.8. The molecule has 3 N–H and O–H groups in total. The Morgan fingerprint density at radius 1 is 1.12 bits per heavy atom. The predicted octanol–water partition coefficient (Wildman–Crippen LogP) is 2.34. The Labute approximate surface area is 189 Å². The number of benzene rings is 2. The summed E-state index contributed by atoms with van der Waals surface area (Å²) >= 11 is 0. The van der Waals surface area contributed by atoms with Crippen LogP contribution in [0.4, 0.5) is 25.0 Å². The molecule has 1 aliphatic heterocycles. The van der Waals surface area contributed by atoms with Gasteiger partial charge in [0.05, 0.1) is 28.9 Å². The van der Waals surface area contributed by atoms with E-state index in [4.69, 9.17) is 9.84 Å². The fraction of sp³-hybridized carbons (Fsp3) is 0.316. The van der Waals surface area contributed by atoms with Crippen molar-refractivity contribution in [1.29, 1.82) is 0 Å². The van der Waals surface area contributed by atoms with E-state index in [0.29, 0.717) is 12.1 Å². The van der Waals surface area contributed by atoms with Gasteiger partial charge >= 0.3 is 6.09 Å². The fourth-order valence-corrected chi connectivity index (χ4v) is 5.93. The SMILES string of the molecule is CC(C)(NS(C)(=O)=O)C1CN(S(=O)(=O)c2ccc(F)c(F)c2)c2cc(NC(=O)O)ccc2O1. The molecule has 14 heteroatoms. The molecule has 180 valence electrons. The summed E-state index contributed by atoms with van der Waals surface area (Å²) in [5.41, 5.74) is -1.33. The molecular weight excluding hydrogens is 484 g/mol. The first kappa shape index (κ1) is 24.7. The standard InChI is InChI=1S/C19H21F2N3O7S2/c1-19(2,23-32(3,27)28)17-10-24(33(29,30)12-5-6-13(20)14(21)9-12)15-8-11(22-18(25)26)4-7-16(15)31-17/h4-9,17,22-23H,10H2,1-3H3,(H,25,26). The van der Waals surface area contributed by atoms with Gasteiger partial charge in [-0.1, -0.05) is 0 Å². The van der Waals surface area contributed by atoms with E-state index < -0.39 is 60.9 Å². The second-order valence-corrected chi connectivity index (χ2v) is 11.5. The van der Waals surface area contributed by atoms with Gasteiger partial charge in [0, 0.05) is 5.69 Å². The molecule has 1 atom stereocenters. The van der Waals surface area contributed by atoms with Crippen LogP contribution in [0.3, 0.4) is 0 Å². The number of fused-ring (bicyclic) bond motifs is 1. The summed E-state index contributed by atoms with van der Waals surface area (Å²) in [5.74, 6) is -2.60. The average Bonchev–Trinajstić information content (AvgIpc) is 2.66. The minimum absolute atomic E-state index is 0.0109. The average molecular weight is 506 g/mol. The molecule has 10 nitrogen and oxygen atoms in total. The van der Waals surface area contributed by atoms with E-state index in [1.54, 1.807) is 0 Å².